The van der Waals surface area contributed by atoms with Gasteiger partial charge < -0.3 is 19.9 Å². The highest BCUT2D eigenvalue weighted by atomic mass is 16.5. The molecule has 0 atom stereocenters. The van der Waals surface area contributed by atoms with E-state index in [0.717, 1.165) is 25.9 Å². The number of H-pyrrole nitrogens is 1. The number of hydrogen-bond donors (Lipinski definition) is 2. The number of hydrogen-bond acceptors (Lipinski definition) is 6. The summed E-state index contributed by atoms with van der Waals surface area (Å²) in [6.45, 7) is 6.00. The van der Waals surface area contributed by atoms with Crippen molar-refractivity contribution >= 4 is 23.5 Å². The number of rotatable bonds is 6. The van der Waals surface area contributed by atoms with E-state index < -0.39 is 0 Å². The van der Waals surface area contributed by atoms with Gasteiger partial charge >= 0.3 is 0 Å². The quantitative estimate of drug-likeness (QED) is 0.676. The number of ether oxygens (including phenoxy) is 1. The van der Waals surface area contributed by atoms with Crippen molar-refractivity contribution in [3.8, 4) is 0 Å². The molecule has 2 aliphatic heterocycles. The van der Waals surface area contributed by atoms with E-state index in [0.29, 0.717) is 61.2 Å². The predicted octanol–water partition coefficient (Wildman–Crippen LogP) is 2.50. The SMILES string of the molecule is Cc1nc(N2CCOCC2)[nH]c(=O)c1CCC(=O)Nc1ccc(C(=O)N2CCCCCC2)cc1. The largest absolute Gasteiger partial charge is 0.378 e. The summed E-state index contributed by atoms with van der Waals surface area (Å²) < 4.78 is 5.34. The van der Waals surface area contributed by atoms with Gasteiger partial charge in [-0.25, -0.2) is 4.98 Å². The first-order chi connectivity index (χ1) is 16.5. The average molecular weight is 468 g/mol. The second-order valence-electron chi connectivity index (χ2n) is 8.88. The fraction of sp³-hybridized carbons (Fsp3) is 0.520. The van der Waals surface area contributed by atoms with Gasteiger partial charge in [-0.3, -0.25) is 19.4 Å². The number of aromatic amines is 1. The molecule has 0 aliphatic carbocycles. The van der Waals surface area contributed by atoms with Crippen molar-refractivity contribution in [2.45, 2.75) is 45.4 Å². The van der Waals surface area contributed by atoms with Crippen LogP contribution in [0.3, 0.4) is 0 Å². The van der Waals surface area contributed by atoms with E-state index in [1.807, 2.05) is 9.80 Å². The summed E-state index contributed by atoms with van der Waals surface area (Å²) in [5.41, 5.74) is 2.20. The van der Waals surface area contributed by atoms with Crippen LogP contribution < -0.4 is 15.8 Å². The van der Waals surface area contributed by atoms with Crippen LogP contribution in [0.4, 0.5) is 11.6 Å². The molecule has 4 rings (SSSR count). The number of benzene rings is 1. The lowest BCUT2D eigenvalue weighted by atomic mass is 10.1. The Morgan fingerprint density at radius 2 is 1.71 bits per heavy atom. The summed E-state index contributed by atoms with van der Waals surface area (Å²) in [5, 5.41) is 2.85. The highest BCUT2D eigenvalue weighted by Crippen LogP contribution is 2.16. The lowest BCUT2D eigenvalue weighted by Crippen LogP contribution is -2.38. The number of aromatic nitrogens is 2. The number of nitrogens with one attached hydrogen (secondary N) is 2. The lowest BCUT2D eigenvalue weighted by molar-refractivity contribution is -0.116. The second kappa shape index (κ2) is 11.3. The van der Waals surface area contributed by atoms with Gasteiger partial charge in [-0.2, -0.15) is 0 Å². The number of aryl methyl sites for hydroxylation is 1. The summed E-state index contributed by atoms with van der Waals surface area (Å²) in [5.74, 6) is 0.402. The molecular weight excluding hydrogens is 434 g/mol. The number of nitrogens with zero attached hydrogens (tertiary/aromatic N) is 3. The maximum atomic E-state index is 12.7. The van der Waals surface area contributed by atoms with E-state index in [2.05, 4.69) is 15.3 Å². The van der Waals surface area contributed by atoms with Gasteiger partial charge in [0.05, 0.1) is 13.2 Å². The van der Waals surface area contributed by atoms with Crippen molar-refractivity contribution in [2.24, 2.45) is 0 Å². The Kier molecular flexibility index (Phi) is 7.95. The molecule has 2 fully saturated rings. The number of carbonyl (C=O) groups is 2. The van der Waals surface area contributed by atoms with Crippen LogP contribution in [-0.4, -0.2) is 66.1 Å². The van der Waals surface area contributed by atoms with E-state index in [1.165, 1.54) is 12.8 Å². The Hall–Kier alpha value is -3.20. The Morgan fingerprint density at radius 1 is 1.03 bits per heavy atom. The number of amides is 2. The van der Waals surface area contributed by atoms with Gasteiger partial charge in [-0.15, -0.1) is 0 Å². The van der Waals surface area contributed by atoms with Crippen molar-refractivity contribution in [3.05, 3.63) is 51.4 Å². The van der Waals surface area contributed by atoms with Crippen molar-refractivity contribution in [2.75, 3.05) is 49.6 Å². The standard InChI is InChI=1S/C25H33N5O4/c1-18-21(23(32)28-25(26-18)30-14-16-34-17-15-30)10-11-22(31)27-20-8-6-19(7-9-20)24(33)29-12-4-2-3-5-13-29/h6-9H,2-5,10-17H2,1H3,(H,27,31)(H,26,28,32). The highest BCUT2D eigenvalue weighted by Gasteiger charge is 2.18. The fourth-order valence-electron chi connectivity index (χ4n) is 4.43. The average Bonchev–Trinajstić information content (AvgIpc) is 3.14. The van der Waals surface area contributed by atoms with Crippen LogP contribution in [0.5, 0.6) is 0 Å². The zero-order chi connectivity index (χ0) is 23.9. The summed E-state index contributed by atoms with van der Waals surface area (Å²) in [7, 11) is 0. The van der Waals surface area contributed by atoms with Gasteiger partial charge in [-0.1, -0.05) is 12.8 Å². The van der Waals surface area contributed by atoms with Gasteiger partial charge in [0, 0.05) is 55.1 Å². The van der Waals surface area contributed by atoms with Crippen molar-refractivity contribution in [3.63, 3.8) is 0 Å². The smallest absolute Gasteiger partial charge is 0.255 e. The van der Waals surface area contributed by atoms with Gasteiger partial charge in [0.2, 0.25) is 11.9 Å². The van der Waals surface area contributed by atoms with E-state index in [-0.39, 0.29) is 23.8 Å². The second-order valence-corrected chi connectivity index (χ2v) is 8.88. The normalized spacial score (nSPS) is 16.7. The molecule has 182 valence electrons. The Balaban J connectivity index is 1.31. The van der Waals surface area contributed by atoms with E-state index in [4.69, 9.17) is 4.74 Å². The number of carbonyl (C=O) groups excluding carboxylic acids is 2. The summed E-state index contributed by atoms with van der Waals surface area (Å²) in [6.07, 6.45) is 4.91. The van der Waals surface area contributed by atoms with Crippen LogP contribution in [0.1, 0.15) is 53.7 Å². The van der Waals surface area contributed by atoms with Crippen LogP contribution in [0.2, 0.25) is 0 Å². The summed E-state index contributed by atoms with van der Waals surface area (Å²) in [6, 6.07) is 7.01. The molecule has 2 saturated heterocycles. The minimum absolute atomic E-state index is 0.0440. The molecular formula is C25H33N5O4. The minimum atomic E-state index is -0.210. The zero-order valence-electron chi connectivity index (χ0n) is 19.8. The Morgan fingerprint density at radius 3 is 2.35 bits per heavy atom. The van der Waals surface area contributed by atoms with Gasteiger partial charge in [-0.05, 0) is 50.5 Å². The van der Waals surface area contributed by atoms with Crippen LogP contribution in [0, 0.1) is 6.92 Å². The van der Waals surface area contributed by atoms with Crippen LogP contribution in [-0.2, 0) is 16.0 Å². The number of anilines is 2. The molecule has 1 aromatic carbocycles. The minimum Gasteiger partial charge on any atom is -0.378 e. The van der Waals surface area contributed by atoms with Gasteiger partial charge in [0.15, 0.2) is 0 Å². The maximum absolute atomic E-state index is 12.7. The van der Waals surface area contributed by atoms with Gasteiger partial charge in [0.1, 0.15) is 0 Å². The van der Waals surface area contributed by atoms with Crippen molar-refractivity contribution < 1.29 is 14.3 Å². The molecule has 2 aliphatic rings. The van der Waals surface area contributed by atoms with E-state index >= 15 is 0 Å². The molecule has 2 N–H and O–H groups in total. The fourth-order valence-corrected chi connectivity index (χ4v) is 4.43. The summed E-state index contributed by atoms with van der Waals surface area (Å²) in [4.78, 5) is 49.1. The molecule has 2 amide bonds. The summed E-state index contributed by atoms with van der Waals surface area (Å²) >= 11 is 0. The predicted molar refractivity (Wildman–Crippen MR) is 130 cm³/mol. The molecule has 0 bridgehead atoms. The molecule has 0 saturated carbocycles. The number of morpholine rings is 1. The first-order valence-electron chi connectivity index (χ1n) is 12.1. The first kappa shape index (κ1) is 23.9. The third kappa shape index (κ3) is 6.02. The first-order valence-corrected chi connectivity index (χ1v) is 12.1. The third-order valence-corrected chi connectivity index (χ3v) is 6.43. The highest BCUT2D eigenvalue weighted by molar-refractivity contribution is 5.95. The molecule has 9 heteroatoms. The molecule has 3 heterocycles. The monoisotopic (exact) mass is 467 g/mol. The third-order valence-electron chi connectivity index (χ3n) is 6.43. The lowest BCUT2D eigenvalue weighted by Gasteiger charge is -2.27. The van der Waals surface area contributed by atoms with Crippen molar-refractivity contribution in [1.82, 2.24) is 14.9 Å². The van der Waals surface area contributed by atoms with E-state index in [1.54, 1.807) is 31.2 Å². The van der Waals surface area contributed by atoms with Crippen LogP contribution >= 0.6 is 0 Å². The topological polar surface area (TPSA) is 108 Å². The molecule has 1 aromatic heterocycles. The molecule has 9 nitrogen and oxygen atoms in total. The van der Waals surface area contributed by atoms with Gasteiger partial charge in [0.25, 0.3) is 11.5 Å². The molecule has 34 heavy (non-hydrogen) atoms. The number of likely N-dealkylation sites (tertiary alicyclic amines) is 1. The molecule has 0 spiro atoms. The van der Waals surface area contributed by atoms with Crippen molar-refractivity contribution in [1.29, 1.82) is 0 Å². The van der Waals surface area contributed by atoms with Crippen LogP contribution in [0.15, 0.2) is 29.1 Å². The van der Waals surface area contributed by atoms with Crippen LogP contribution in [0.25, 0.3) is 0 Å². The zero-order valence-corrected chi connectivity index (χ0v) is 19.8. The van der Waals surface area contributed by atoms with E-state index in [9.17, 15) is 14.4 Å². The molecule has 0 unspecified atom stereocenters. The molecule has 2 aromatic rings. The maximum Gasteiger partial charge on any atom is 0.255 e. The molecule has 0 radical (unpaired) electrons. The Labute approximate surface area is 199 Å². The Bertz CT molecular complexity index is 1050.